The molecule has 1 amide bonds. The Hall–Kier alpha value is -0.810. The molecule has 2 saturated carbocycles. The van der Waals surface area contributed by atoms with E-state index in [1.54, 1.807) is 0 Å². The van der Waals surface area contributed by atoms with E-state index in [2.05, 4.69) is 5.32 Å². The molecular formula is C17H31N3O2. The van der Waals surface area contributed by atoms with Gasteiger partial charge in [0.1, 0.15) is 5.60 Å². The van der Waals surface area contributed by atoms with Gasteiger partial charge in [0, 0.05) is 30.2 Å². The highest BCUT2D eigenvalue weighted by atomic mass is 16.6. The minimum Gasteiger partial charge on any atom is -0.444 e. The number of piperidine rings is 1. The lowest BCUT2D eigenvalue weighted by atomic mass is 9.68. The van der Waals surface area contributed by atoms with Gasteiger partial charge in [-0.25, -0.2) is 4.79 Å². The Kier molecular flexibility index (Phi) is 4.14. The molecule has 3 aliphatic rings. The number of carbonyl (C=O) groups is 1. The van der Waals surface area contributed by atoms with Gasteiger partial charge in [-0.2, -0.15) is 0 Å². The molecule has 0 radical (unpaired) electrons. The van der Waals surface area contributed by atoms with Crippen molar-refractivity contribution in [3.05, 3.63) is 0 Å². The summed E-state index contributed by atoms with van der Waals surface area (Å²) < 4.78 is 5.62. The Morgan fingerprint density at radius 3 is 2.45 bits per heavy atom. The first kappa shape index (κ1) is 16.1. The third kappa shape index (κ3) is 3.25. The van der Waals surface area contributed by atoms with Gasteiger partial charge in [-0.3, -0.25) is 0 Å². The van der Waals surface area contributed by atoms with Crippen LogP contribution in [-0.4, -0.2) is 46.8 Å². The van der Waals surface area contributed by atoms with E-state index in [-0.39, 0.29) is 11.6 Å². The van der Waals surface area contributed by atoms with Gasteiger partial charge in [0.15, 0.2) is 0 Å². The molecule has 3 rings (SSSR count). The lowest BCUT2D eigenvalue weighted by molar-refractivity contribution is -0.0509. The molecule has 0 aromatic carbocycles. The summed E-state index contributed by atoms with van der Waals surface area (Å²) in [5.41, 5.74) is 5.50. The maximum absolute atomic E-state index is 12.5. The molecule has 1 saturated heterocycles. The molecule has 0 aromatic heterocycles. The van der Waals surface area contributed by atoms with Crippen LogP contribution >= 0.6 is 0 Å². The Labute approximate surface area is 133 Å². The van der Waals surface area contributed by atoms with Gasteiger partial charge in [0.25, 0.3) is 0 Å². The summed E-state index contributed by atoms with van der Waals surface area (Å²) in [6.07, 6.45) is 7.61. The highest BCUT2D eigenvalue weighted by Crippen LogP contribution is 2.45. The molecule has 1 heterocycles. The minimum atomic E-state index is -0.417. The first-order chi connectivity index (χ1) is 10.3. The molecule has 0 bridgehead atoms. The number of hydrogen-bond acceptors (Lipinski definition) is 4. The Morgan fingerprint density at radius 1 is 1.27 bits per heavy atom. The van der Waals surface area contributed by atoms with Gasteiger partial charge in [0.2, 0.25) is 0 Å². The van der Waals surface area contributed by atoms with Crippen molar-refractivity contribution in [2.24, 2.45) is 5.73 Å². The van der Waals surface area contributed by atoms with Crippen LogP contribution in [0.4, 0.5) is 4.79 Å². The fraction of sp³-hybridized carbons (Fsp3) is 0.941. The number of nitrogens with one attached hydrogen (secondary N) is 1. The minimum absolute atomic E-state index is 0.0457. The van der Waals surface area contributed by atoms with E-state index in [1.807, 2.05) is 25.7 Å². The largest absolute Gasteiger partial charge is 0.444 e. The fourth-order valence-corrected chi connectivity index (χ4v) is 4.13. The van der Waals surface area contributed by atoms with Crippen molar-refractivity contribution in [2.45, 2.75) is 95.0 Å². The lowest BCUT2D eigenvalue weighted by Gasteiger charge is -2.55. The quantitative estimate of drug-likeness (QED) is 0.822. The molecule has 22 heavy (non-hydrogen) atoms. The summed E-state index contributed by atoms with van der Waals surface area (Å²) in [6.45, 7) is 6.62. The smallest absolute Gasteiger partial charge is 0.410 e. The van der Waals surface area contributed by atoms with E-state index < -0.39 is 5.60 Å². The van der Waals surface area contributed by atoms with Crippen LogP contribution in [0, 0.1) is 0 Å². The second kappa shape index (κ2) is 5.68. The van der Waals surface area contributed by atoms with E-state index in [0.29, 0.717) is 18.1 Å². The molecule has 126 valence electrons. The summed E-state index contributed by atoms with van der Waals surface area (Å²) in [7, 11) is 0. The van der Waals surface area contributed by atoms with Crippen molar-refractivity contribution < 1.29 is 9.53 Å². The Balaban J connectivity index is 1.59. The zero-order valence-electron chi connectivity index (χ0n) is 14.2. The number of ether oxygens (including phenoxy) is 1. The first-order valence-electron chi connectivity index (χ1n) is 8.80. The lowest BCUT2D eigenvalue weighted by Crippen LogP contribution is -2.65. The highest BCUT2D eigenvalue weighted by Gasteiger charge is 2.50. The molecule has 0 aromatic rings. The molecule has 1 spiro atoms. The standard InChI is InChI=1S/C17H31N3O2/c1-16(2,3)22-15(21)20-8-5-13(11-17(20)6-4-7-17)19-14-9-12(18)10-14/h12-14,19H,4-11,18H2,1-3H3. The van der Waals surface area contributed by atoms with Crippen molar-refractivity contribution in [3.63, 3.8) is 0 Å². The van der Waals surface area contributed by atoms with Crippen molar-refractivity contribution in [1.29, 1.82) is 0 Å². The molecule has 3 N–H and O–H groups in total. The number of nitrogens with zero attached hydrogens (tertiary/aromatic N) is 1. The van der Waals surface area contributed by atoms with Gasteiger partial charge in [-0.15, -0.1) is 0 Å². The monoisotopic (exact) mass is 309 g/mol. The third-order valence-corrected chi connectivity index (χ3v) is 5.44. The predicted molar refractivity (Wildman–Crippen MR) is 86.7 cm³/mol. The maximum atomic E-state index is 12.5. The van der Waals surface area contributed by atoms with Gasteiger partial charge < -0.3 is 20.7 Å². The summed E-state index contributed by atoms with van der Waals surface area (Å²) in [4.78, 5) is 14.5. The van der Waals surface area contributed by atoms with E-state index in [0.717, 1.165) is 45.1 Å². The molecule has 1 unspecified atom stereocenters. The number of carbonyl (C=O) groups excluding carboxylic acids is 1. The molecule has 1 atom stereocenters. The van der Waals surface area contributed by atoms with Crippen LogP contribution in [0.25, 0.3) is 0 Å². The van der Waals surface area contributed by atoms with Crippen LogP contribution in [0.15, 0.2) is 0 Å². The number of nitrogens with two attached hydrogens (primary N) is 1. The van der Waals surface area contributed by atoms with Crippen LogP contribution in [0.3, 0.4) is 0 Å². The maximum Gasteiger partial charge on any atom is 0.410 e. The number of likely N-dealkylation sites (tertiary alicyclic amines) is 1. The number of hydrogen-bond donors (Lipinski definition) is 2. The summed E-state index contributed by atoms with van der Waals surface area (Å²) >= 11 is 0. The van der Waals surface area contributed by atoms with Gasteiger partial charge in [-0.1, -0.05) is 0 Å². The van der Waals surface area contributed by atoms with Crippen LogP contribution in [-0.2, 0) is 4.74 Å². The fourth-order valence-electron chi connectivity index (χ4n) is 4.13. The Morgan fingerprint density at radius 2 is 1.95 bits per heavy atom. The molecule has 2 aliphatic carbocycles. The van der Waals surface area contributed by atoms with Gasteiger partial charge in [-0.05, 0) is 65.7 Å². The van der Waals surface area contributed by atoms with Crippen LogP contribution in [0.1, 0.15) is 65.7 Å². The van der Waals surface area contributed by atoms with Crippen LogP contribution < -0.4 is 11.1 Å². The molecule has 5 heteroatoms. The SMILES string of the molecule is CC(C)(C)OC(=O)N1CCC(NC2CC(N)C2)CC12CCC2. The second-order valence-electron chi connectivity index (χ2n) is 8.49. The number of amides is 1. The summed E-state index contributed by atoms with van der Waals surface area (Å²) in [5, 5.41) is 3.76. The van der Waals surface area contributed by atoms with E-state index in [9.17, 15) is 4.79 Å². The van der Waals surface area contributed by atoms with Crippen LogP contribution in [0.2, 0.25) is 0 Å². The Bertz CT molecular complexity index is 422. The van der Waals surface area contributed by atoms with E-state index in [1.165, 1.54) is 6.42 Å². The summed E-state index contributed by atoms with van der Waals surface area (Å²) in [6, 6.07) is 1.50. The normalized spacial score (nSPS) is 34.0. The summed E-state index contributed by atoms with van der Waals surface area (Å²) in [5.74, 6) is 0. The second-order valence-corrected chi connectivity index (χ2v) is 8.49. The highest BCUT2D eigenvalue weighted by molar-refractivity contribution is 5.69. The molecule has 1 aliphatic heterocycles. The van der Waals surface area contributed by atoms with Gasteiger partial charge >= 0.3 is 6.09 Å². The average molecular weight is 309 g/mol. The van der Waals surface area contributed by atoms with Crippen LogP contribution in [0.5, 0.6) is 0 Å². The van der Waals surface area contributed by atoms with E-state index in [4.69, 9.17) is 10.5 Å². The van der Waals surface area contributed by atoms with Crippen molar-refractivity contribution >= 4 is 6.09 Å². The zero-order chi connectivity index (χ0) is 16.0. The first-order valence-corrected chi connectivity index (χ1v) is 8.80. The van der Waals surface area contributed by atoms with Crippen molar-refractivity contribution in [3.8, 4) is 0 Å². The average Bonchev–Trinajstić information content (AvgIpc) is 2.32. The van der Waals surface area contributed by atoms with Crippen molar-refractivity contribution in [2.75, 3.05) is 6.54 Å². The predicted octanol–water partition coefficient (Wildman–Crippen LogP) is 2.39. The van der Waals surface area contributed by atoms with E-state index >= 15 is 0 Å². The zero-order valence-corrected chi connectivity index (χ0v) is 14.2. The molecule has 5 nitrogen and oxygen atoms in total. The molecule has 3 fully saturated rings. The topological polar surface area (TPSA) is 67.6 Å². The number of rotatable bonds is 2. The van der Waals surface area contributed by atoms with Crippen molar-refractivity contribution in [1.82, 2.24) is 10.2 Å². The van der Waals surface area contributed by atoms with Gasteiger partial charge in [0.05, 0.1) is 0 Å². The third-order valence-electron chi connectivity index (χ3n) is 5.44. The molecular weight excluding hydrogens is 278 g/mol.